The topological polar surface area (TPSA) is 111 Å². The van der Waals surface area contributed by atoms with Gasteiger partial charge in [-0.15, -0.1) is 5.11 Å². The Morgan fingerprint density at radius 1 is 1.07 bits per heavy atom. The number of nitrogens with one attached hydrogen (secondary N) is 1. The van der Waals surface area contributed by atoms with Gasteiger partial charge in [0.2, 0.25) is 5.91 Å². The fourth-order valence-corrected chi connectivity index (χ4v) is 2.96. The summed E-state index contributed by atoms with van der Waals surface area (Å²) in [5.41, 5.74) is 2.37. The van der Waals surface area contributed by atoms with Gasteiger partial charge in [0.15, 0.2) is 0 Å². The number of hydrogen-bond acceptors (Lipinski definition) is 6. The summed E-state index contributed by atoms with van der Waals surface area (Å²) in [6.45, 7) is 7.17. The van der Waals surface area contributed by atoms with E-state index in [1.165, 1.54) is 31.2 Å². The molecule has 27 heavy (non-hydrogen) atoms. The van der Waals surface area contributed by atoms with E-state index in [1.807, 2.05) is 26.0 Å². The molecular formula is C18H22N4O4S. The molecule has 0 unspecified atom stereocenters. The molecule has 0 bridgehead atoms. The summed E-state index contributed by atoms with van der Waals surface area (Å²) < 4.78 is 31.1. The lowest BCUT2D eigenvalue weighted by atomic mass is 10.2. The third-order valence-corrected chi connectivity index (χ3v) is 4.70. The predicted molar refractivity (Wildman–Crippen MR) is 105 cm³/mol. The van der Waals surface area contributed by atoms with Gasteiger partial charge in [-0.25, -0.2) is 0 Å². The maximum absolute atomic E-state index is 11.5. The fraction of sp³-hybridized carbons (Fsp3) is 0.278. The summed E-state index contributed by atoms with van der Waals surface area (Å²) in [7, 11) is -4.25. The van der Waals surface area contributed by atoms with Crippen LogP contribution in [0.2, 0.25) is 0 Å². The molecule has 0 fully saturated rings. The van der Waals surface area contributed by atoms with Gasteiger partial charge in [0.25, 0.3) is 10.1 Å². The number of carbonyl (C=O) groups excluding carboxylic acids is 1. The molecule has 0 aliphatic rings. The third-order valence-electron chi connectivity index (χ3n) is 3.83. The Morgan fingerprint density at radius 3 is 2.22 bits per heavy atom. The molecule has 2 aromatic rings. The van der Waals surface area contributed by atoms with Gasteiger partial charge in [-0.05, 0) is 56.3 Å². The van der Waals surface area contributed by atoms with E-state index in [-0.39, 0.29) is 10.8 Å². The zero-order valence-electron chi connectivity index (χ0n) is 15.4. The van der Waals surface area contributed by atoms with Crippen LogP contribution in [-0.4, -0.2) is 32.0 Å². The summed E-state index contributed by atoms with van der Waals surface area (Å²) in [5.74, 6) is -0.222. The van der Waals surface area contributed by atoms with Crippen molar-refractivity contribution in [2.24, 2.45) is 10.2 Å². The number of azo groups is 1. The Kier molecular flexibility index (Phi) is 6.65. The van der Waals surface area contributed by atoms with E-state index in [0.717, 1.165) is 18.8 Å². The first-order chi connectivity index (χ1) is 12.7. The van der Waals surface area contributed by atoms with E-state index in [4.69, 9.17) is 4.55 Å². The Balaban J connectivity index is 2.33. The fourth-order valence-electron chi connectivity index (χ4n) is 2.48. The van der Waals surface area contributed by atoms with E-state index in [0.29, 0.717) is 17.1 Å². The summed E-state index contributed by atoms with van der Waals surface area (Å²) >= 11 is 0. The Bertz CT molecular complexity index is 936. The number of amides is 1. The molecule has 1 amide bonds. The molecule has 0 saturated heterocycles. The standard InChI is InChI=1S/C18H22N4O4S/c1-4-22(5-2)15-8-11-17(18(12-15)19-13(3)23)21-20-14-6-9-16(10-7-14)27(24,25)26/h6-12H,4-5H2,1-3H3,(H,19,23)(H,24,25,26). The molecule has 0 saturated carbocycles. The first-order valence-corrected chi connectivity index (χ1v) is 9.84. The minimum absolute atomic E-state index is 0.219. The first-order valence-electron chi connectivity index (χ1n) is 8.40. The van der Waals surface area contributed by atoms with Crippen LogP contribution in [0.5, 0.6) is 0 Å². The SMILES string of the molecule is CCN(CC)c1ccc(N=Nc2ccc(S(=O)(=O)O)cc2)c(NC(C)=O)c1. The summed E-state index contributed by atoms with van der Waals surface area (Å²) in [6, 6.07) is 10.8. The van der Waals surface area contributed by atoms with Crippen molar-refractivity contribution in [2.75, 3.05) is 23.3 Å². The lowest BCUT2D eigenvalue weighted by Crippen LogP contribution is -2.21. The van der Waals surface area contributed by atoms with Crippen molar-refractivity contribution in [1.82, 2.24) is 0 Å². The van der Waals surface area contributed by atoms with Gasteiger partial charge in [-0.2, -0.15) is 13.5 Å². The lowest BCUT2D eigenvalue weighted by molar-refractivity contribution is -0.114. The monoisotopic (exact) mass is 390 g/mol. The van der Waals surface area contributed by atoms with Crippen molar-refractivity contribution in [1.29, 1.82) is 0 Å². The molecule has 0 heterocycles. The van der Waals surface area contributed by atoms with Crippen molar-refractivity contribution in [3.05, 3.63) is 42.5 Å². The normalized spacial score (nSPS) is 11.6. The molecule has 0 spiro atoms. The van der Waals surface area contributed by atoms with E-state index >= 15 is 0 Å². The molecule has 0 atom stereocenters. The maximum Gasteiger partial charge on any atom is 0.294 e. The van der Waals surface area contributed by atoms with Gasteiger partial charge in [-0.3, -0.25) is 9.35 Å². The molecule has 0 radical (unpaired) electrons. The minimum Gasteiger partial charge on any atom is -0.372 e. The Morgan fingerprint density at radius 2 is 1.70 bits per heavy atom. The number of benzene rings is 2. The highest BCUT2D eigenvalue weighted by Crippen LogP contribution is 2.31. The van der Waals surface area contributed by atoms with Crippen LogP contribution in [0.15, 0.2) is 57.6 Å². The second-order valence-corrected chi connectivity index (χ2v) is 7.15. The van der Waals surface area contributed by atoms with E-state index in [1.54, 1.807) is 6.07 Å². The molecule has 8 nitrogen and oxygen atoms in total. The zero-order valence-corrected chi connectivity index (χ0v) is 16.2. The number of rotatable bonds is 7. The van der Waals surface area contributed by atoms with Gasteiger partial charge in [0, 0.05) is 25.7 Å². The van der Waals surface area contributed by atoms with Crippen LogP contribution in [0.4, 0.5) is 22.7 Å². The van der Waals surface area contributed by atoms with Crippen molar-refractivity contribution in [3.8, 4) is 0 Å². The highest BCUT2D eigenvalue weighted by molar-refractivity contribution is 7.85. The minimum atomic E-state index is -4.25. The molecule has 9 heteroatoms. The van der Waals surface area contributed by atoms with Crippen molar-refractivity contribution < 1.29 is 17.8 Å². The average molecular weight is 390 g/mol. The van der Waals surface area contributed by atoms with Crippen LogP contribution in [0.3, 0.4) is 0 Å². The summed E-state index contributed by atoms with van der Waals surface area (Å²) in [4.78, 5) is 13.4. The van der Waals surface area contributed by atoms with Crippen LogP contribution in [0.25, 0.3) is 0 Å². The number of nitrogens with zero attached hydrogens (tertiary/aromatic N) is 3. The summed E-state index contributed by atoms with van der Waals surface area (Å²) in [5, 5.41) is 11.0. The van der Waals surface area contributed by atoms with E-state index < -0.39 is 10.1 Å². The van der Waals surface area contributed by atoms with Gasteiger partial charge in [-0.1, -0.05) is 0 Å². The van der Waals surface area contributed by atoms with Gasteiger partial charge >= 0.3 is 0 Å². The third kappa shape index (κ3) is 5.60. The summed E-state index contributed by atoms with van der Waals surface area (Å²) in [6.07, 6.45) is 0. The van der Waals surface area contributed by atoms with Crippen LogP contribution >= 0.6 is 0 Å². The molecule has 2 N–H and O–H groups in total. The quantitative estimate of drug-likeness (QED) is 0.545. The lowest BCUT2D eigenvalue weighted by Gasteiger charge is -2.22. The predicted octanol–water partition coefficient (Wildman–Crippen LogP) is 4.15. The Labute approximate surface area is 158 Å². The maximum atomic E-state index is 11.5. The second-order valence-electron chi connectivity index (χ2n) is 5.72. The van der Waals surface area contributed by atoms with E-state index in [9.17, 15) is 13.2 Å². The van der Waals surface area contributed by atoms with Crippen molar-refractivity contribution >= 4 is 38.8 Å². The first kappa shape index (κ1) is 20.5. The second kappa shape index (κ2) is 8.74. The Hall–Kier alpha value is -2.78. The van der Waals surface area contributed by atoms with Crippen molar-refractivity contribution in [2.45, 2.75) is 25.7 Å². The molecular weight excluding hydrogens is 368 g/mol. The molecule has 0 aliphatic carbocycles. The van der Waals surface area contributed by atoms with Crippen LogP contribution in [0, 0.1) is 0 Å². The smallest absolute Gasteiger partial charge is 0.294 e. The molecule has 144 valence electrons. The number of carbonyl (C=O) groups is 1. The zero-order chi connectivity index (χ0) is 20.0. The van der Waals surface area contributed by atoms with Crippen LogP contribution < -0.4 is 10.2 Å². The largest absolute Gasteiger partial charge is 0.372 e. The van der Waals surface area contributed by atoms with Gasteiger partial charge in [0.05, 0.1) is 16.3 Å². The molecule has 0 aliphatic heterocycles. The highest BCUT2D eigenvalue weighted by Gasteiger charge is 2.10. The van der Waals surface area contributed by atoms with Gasteiger partial charge in [0.1, 0.15) is 5.69 Å². The molecule has 0 aromatic heterocycles. The number of hydrogen-bond donors (Lipinski definition) is 2. The highest BCUT2D eigenvalue weighted by atomic mass is 32.2. The van der Waals surface area contributed by atoms with Crippen LogP contribution in [0.1, 0.15) is 20.8 Å². The van der Waals surface area contributed by atoms with Gasteiger partial charge < -0.3 is 10.2 Å². The van der Waals surface area contributed by atoms with Crippen LogP contribution in [-0.2, 0) is 14.9 Å². The average Bonchev–Trinajstić information content (AvgIpc) is 2.61. The molecule has 2 rings (SSSR count). The van der Waals surface area contributed by atoms with E-state index in [2.05, 4.69) is 20.4 Å². The molecule has 2 aromatic carbocycles. The number of anilines is 2. The van der Waals surface area contributed by atoms with Crippen molar-refractivity contribution in [3.63, 3.8) is 0 Å².